The molecular weight excluding hydrogens is 394 g/mol. The van der Waals surface area contributed by atoms with Crippen LogP contribution in [0.1, 0.15) is 51.6 Å². The summed E-state index contributed by atoms with van der Waals surface area (Å²) in [7, 11) is 1.43. The zero-order chi connectivity index (χ0) is 21.0. The normalized spacial score (nSPS) is 16.4. The molecule has 0 radical (unpaired) electrons. The molecule has 154 valence electrons. The smallest absolute Gasteiger partial charge is 0.299 e. The third-order valence-corrected chi connectivity index (χ3v) is 5.36. The predicted octanol–water partition coefficient (Wildman–Crippen LogP) is 2.22. The second kappa shape index (κ2) is 6.71. The van der Waals surface area contributed by atoms with Gasteiger partial charge in [-0.25, -0.2) is 27.9 Å². The molecule has 0 aromatic carbocycles. The highest BCUT2D eigenvalue weighted by molar-refractivity contribution is 5.91. The Kier molecular flexibility index (Phi) is 4.12. The molecular formula is C19H18F2N8O. The molecule has 5 heterocycles. The van der Waals surface area contributed by atoms with Gasteiger partial charge in [0.25, 0.3) is 12.3 Å². The van der Waals surface area contributed by atoms with Crippen molar-refractivity contribution in [2.75, 3.05) is 6.54 Å². The highest BCUT2D eigenvalue weighted by atomic mass is 19.3. The standard InChI is InChI=1S/C19H18F2N8O/c1-10-4-3-6-29-13(10)8-12(25-29)15-14-11(22-9-23-14)5-7-28(15)19(30)18-24-17(16(20)21)26-27(18)2/h3-4,6,8-9,15-16H,5,7H2,1-2H3,(H,22,23)/t15-/m0/s1. The van der Waals surface area contributed by atoms with Crippen molar-refractivity contribution in [2.24, 2.45) is 7.05 Å². The van der Waals surface area contributed by atoms with Crippen molar-refractivity contribution in [3.8, 4) is 0 Å². The first-order chi connectivity index (χ1) is 14.4. The van der Waals surface area contributed by atoms with Gasteiger partial charge < -0.3 is 9.88 Å². The van der Waals surface area contributed by atoms with E-state index in [0.717, 1.165) is 21.5 Å². The molecule has 0 unspecified atom stereocenters. The number of carbonyl (C=O) groups excluding carboxylic acids is 1. The van der Waals surface area contributed by atoms with Gasteiger partial charge in [-0.2, -0.15) is 5.10 Å². The number of pyridine rings is 1. The Labute approximate surface area is 169 Å². The zero-order valence-electron chi connectivity index (χ0n) is 16.3. The number of hydrogen-bond acceptors (Lipinski definition) is 5. The Morgan fingerprint density at radius 2 is 2.17 bits per heavy atom. The molecule has 1 aliphatic rings. The first-order valence-corrected chi connectivity index (χ1v) is 9.41. The van der Waals surface area contributed by atoms with Crippen LogP contribution >= 0.6 is 0 Å². The lowest BCUT2D eigenvalue weighted by atomic mass is 9.99. The van der Waals surface area contributed by atoms with Gasteiger partial charge in [-0.1, -0.05) is 6.07 Å². The fourth-order valence-electron chi connectivity index (χ4n) is 3.92. The number of aromatic amines is 1. The number of imidazole rings is 1. The first kappa shape index (κ1) is 18.4. The largest absolute Gasteiger partial charge is 0.348 e. The monoisotopic (exact) mass is 412 g/mol. The molecule has 0 saturated heterocycles. The number of hydrogen-bond donors (Lipinski definition) is 1. The van der Waals surface area contributed by atoms with Gasteiger partial charge in [-0.05, 0) is 24.6 Å². The second-order valence-electron chi connectivity index (χ2n) is 7.23. The Morgan fingerprint density at radius 1 is 1.33 bits per heavy atom. The van der Waals surface area contributed by atoms with E-state index in [-0.39, 0.29) is 5.82 Å². The van der Waals surface area contributed by atoms with Gasteiger partial charge in [0.05, 0.1) is 23.2 Å². The highest BCUT2D eigenvalue weighted by Crippen LogP contribution is 2.34. The lowest BCUT2D eigenvalue weighted by Gasteiger charge is -2.33. The SMILES string of the molecule is Cc1cccn2nc([C@H]3c4nc[nH]c4CCN3C(=O)c3nc(C(F)F)nn3C)cc12. The van der Waals surface area contributed by atoms with Crippen molar-refractivity contribution >= 4 is 11.4 Å². The number of nitrogens with one attached hydrogen (secondary N) is 1. The summed E-state index contributed by atoms with van der Waals surface area (Å²) in [5, 5.41) is 8.33. The van der Waals surface area contributed by atoms with E-state index in [1.54, 1.807) is 15.7 Å². The van der Waals surface area contributed by atoms with Gasteiger partial charge in [0.2, 0.25) is 11.6 Å². The van der Waals surface area contributed by atoms with Crippen LogP contribution in [0.25, 0.3) is 5.52 Å². The first-order valence-electron chi connectivity index (χ1n) is 9.41. The summed E-state index contributed by atoms with van der Waals surface area (Å²) in [6.45, 7) is 2.35. The fraction of sp³-hybridized carbons (Fsp3) is 0.316. The minimum Gasteiger partial charge on any atom is -0.348 e. The Hall–Kier alpha value is -3.63. The average Bonchev–Trinajstić information content (AvgIpc) is 3.44. The summed E-state index contributed by atoms with van der Waals surface area (Å²) in [5.41, 5.74) is 4.21. The van der Waals surface area contributed by atoms with Gasteiger partial charge in [0.15, 0.2) is 0 Å². The number of aromatic nitrogens is 7. The minimum atomic E-state index is -2.85. The highest BCUT2D eigenvalue weighted by Gasteiger charge is 2.38. The van der Waals surface area contributed by atoms with E-state index in [1.807, 2.05) is 31.3 Å². The molecule has 5 rings (SSSR count). The summed E-state index contributed by atoms with van der Waals surface area (Å²) < 4.78 is 28.9. The number of alkyl halides is 2. The van der Waals surface area contributed by atoms with Crippen LogP contribution < -0.4 is 0 Å². The summed E-state index contributed by atoms with van der Waals surface area (Å²) in [4.78, 5) is 26.2. The van der Waals surface area contributed by atoms with Crippen LogP contribution in [0, 0.1) is 6.92 Å². The molecule has 0 aliphatic carbocycles. The molecule has 30 heavy (non-hydrogen) atoms. The maximum absolute atomic E-state index is 13.3. The third-order valence-electron chi connectivity index (χ3n) is 5.36. The van der Waals surface area contributed by atoms with Crippen LogP contribution in [0.3, 0.4) is 0 Å². The number of carbonyl (C=O) groups is 1. The maximum atomic E-state index is 13.3. The van der Waals surface area contributed by atoms with Crippen molar-refractivity contribution in [3.63, 3.8) is 0 Å². The van der Waals surface area contributed by atoms with Gasteiger partial charge in [0, 0.05) is 31.9 Å². The van der Waals surface area contributed by atoms with Gasteiger partial charge in [0.1, 0.15) is 6.04 Å². The number of H-pyrrole nitrogens is 1. The number of rotatable bonds is 3. The zero-order valence-corrected chi connectivity index (χ0v) is 16.3. The van der Waals surface area contributed by atoms with E-state index in [1.165, 1.54) is 7.05 Å². The Morgan fingerprint density at radius 3 is 2.90 bits per heavy atom. The quantitative estimate of drug-likeness (QED) is 0.557. The van der Waals surface area contributed by atoms with Gasteiger partial charge in [-0.15, -0.1) is 5.10 Å². The van der Waals surface area contributed by atoms with Crippen LogP contribution in [-0.2, 0) is 13.5 Å². The molecule has 0 bridgehead atoms. The Balaban J connectivity index is 1.62. The maximum Gasteiger partial charge on any atom is 0.299 e. The van der Waals surface area contributed by atoms with E-state index in [4.69, 9.17) is 0 Å². The number of fused-ring (bicyclic) bond motifs is 2. The summed E-state index contributed by atoms with van der Waals surface area (Å²) >= 11 is 0. The second-order valence-corrected chi connectivity index (χ2v) is 7.23. The molecule has 1 atom stereocenters. The summed E-state index contributed by atoms with van der Waals surface area (Å²) in [5.74, 6) is -1.31. The van der Waals surface area contributed by atoms with Crippen LogP contribution in [0.5, 0.6) is 0 Å². The van der Waals surface area contributed by atoms with Crippen LogP contribution in [-0.4, -0.2) is 51.7 Å². The fourth-order valence-corrected chi connectivity index (χ4v) is 3.92. The predicted molar refractivity (Wildman–Crippen MR) is 101 cm³/mol. The molecule has 4 aromatic rings. The van der Waals surface area contributed by atoms with Crippen molar-refractivity contribution in [2.45, 2.75) is 25.8 Å². The van der Waals surface area contributed by atoms with Crippen molar-refractivity contribution < 1.29 is 13.6 Å². The Bertz CT molecular complexity index is 1260. The summed E-state index contributed by atoms with van der Waals surface area (Å²) in [6.07, 6.45) is 1.13. The van der Waals surface area contributed by atoms with E-state index < -0.39 is 24.2 Å². The lowest BCUT2D eigenvalue weighted by molar-refractivity contribution is 0.0669. The van der Waals surface area contributed by atoms with Crippen molar-refractivity contribution in [3.05, 3.63) is 65.0 Å². The molecule has 9 nitrogen and oxygen atoms in total. The van der Waals surface area contributed by atoms with Gasteiger partial charge in [-0.3, -0.25) is 4.79 Å². The number of nitrogens with zero attached hydrogens (tertiary/aromatic N) is 7. The van der Waals surface area contributed by atoms with E-state index in [9.17, 15) is 13.6 Å². The molecule has 0 fully saturated rings. The van der Waals surface area contributed by atoms with Gasteiger partial charge >= 0.3 is 0 Å². The van der Waals surface area contributed by atoms with E-state index >= 15 is 0 Å². The van der Waals surface area contributed by atoms with E-state index in [2.05, 4.69) is 25.1 Å². The third kappa shape index (κ3) is 2.77. The molecule has 0 saturated carbocycles. The number of halogens is 2. The molecule has 11 heteroatoms. The minimum absolute atomic E-state index is 0.144. The van der Waals surface area contributed by atoms with Crippen molar-refractivity contribution in [1.82, 2.24) is 39.2 Å². The molecule has 1 aliphatic heterocycles. The number of amides is 1. The summed E-state index contributed by atoms with van der Waals surface area (Å²) in [6, 6.07) is 5.23. The van der Waals surface area contributed by atoms with Crippen LogP contribution in [0.4, 0.5) is 8.78 Å². The van der Waals surface area contributed by atoms with Crippen LogP contribution in [0.15, 0.2) is 30.7 Å². The number of aryl methyl sites for hydroxylation is 2. The van der Waals surface area contributed by atoms with Crippen LogP contribution in [0.2, 0.25) is 0 Å². The van der Waals surface area contributed by atoms with Crippen molar-refractivity contribution in [1.29, 1.82) is 0 Å². The molecule has 0 spiro atoms. The van der Waals surface area contributed by atoms with E-state index in [0.29, 0.717) is 24.4 Å². The molecule has 4 aromatic heterocycles. The lowest BCUT2D eigenvalue weighted by Crippen LogP contribution is -2.42. The average molecular weight is 412 g/mol. The molecule has 1 amide bonds. The molecule has 1 N–H and O–H groups in total. The topological polar surface area (TPSA) is 97.0 Å².